The quantitative estimate of drug-likeness (QED) is 0.741. The van der Waals surface area contributed by atoms with Crippen molar-refractivity contribution < 1.29 is 4.74 Å². The summed E-state index contributed by atoms with van der Waals surface area (Å²) in [6.45, 7) is 4.36. The smallest absolute Gasteiger partial charge is 0.174 e. The number of methoxy groups -OCH3 is 1. The molecule has 1 aromatic heterocycles. The van der Waals surface area contributed by atoms with E-state index in [1.165, 1.54) is 17.1 Å². The third-order valence-corrected chi connectivity index (χ3v) is 4.91. The van der Waals surface area contributed by atoms with E-state index in [0.717, 1.165) is 39.6 Å². The topological polar surface area (TPSA) is 47.0 Å². The van der Waals surface area contributed by atoms with E-state index in [-0.39, 0.29) is 0 Å². The highest BCUT2D eigenvalue weighted by Gasteiger charge is 2.09. The monoisotopic (exact) mass is 343 g/mol. The van der Waals surface area contributed by atoms with Crippen LogP contribution in [-0.2, 0) is 17.7 Å². The maximum Gasteiger partial charge on any atom is 0.174 e. The highest BCUT2D eigenvalue weighted by Crippen LogP contribution is 2.33. The molecule has 4 nitrogen and oxygen atoms in total. The third kappa shape index (κ3) is 5.23. The minimum Gasteiger partial charge on any atom is -0.383 e. The molecule has 0 bridgehead atoms. The van der Waals surface area contributed by atoms with E-state index < -0.39 is 0 Å². The van der Waals surface area contributed by atoms with Gasteiger partial charge in [-0.1, -0.05) is 36.4 Å². The summed E-state index contributed by atoms with van der Waals surface area (Å²) in [5.74, 6) is 0.893. The Morgan fingerprint density at radius 3 is 3.00 bits per heavy atom. The Hall–Kier alpha value is -0.660. The van der Waals surface area contributed by atoms with Gasteiger partial charge in [-0.3, -0.25) is 0 Å². The molecule has 2 aromatic rings. The van der Waals surface area contributed by atoms with Crippen LogP contribution in [0.25, 0.3) is 0 Å². The van der Waals surface area contributed by atoms with Crippen LogP contribution in [0.3, 0.4) is 0 Å². The Morgan fingerprint density at radius 2 is 2.29 bits per heavy atom. The van der Waals surface area contributed by atoms with Gasteiger partial charge in [-0.05, 0) is 29.2 Å². The Kier molecular flexibility index (Phi) is 6.92. The molecule has 0 amide bonds. The van der Waals surface area contributed by atoms with Crippen molar-refractivity contribution in [1.29, 1.82) is 0 Å². The van der Waals surface area contributed by atoms with Crippen LogP contribution in [0.1, 0.15) is 18.3 Å². The molecular formula is C14H18ClN3OS2. The number of hydrogen-bond donors (Lipinski definition) is 1. The highest BCUT2D eigenvalue weighted by molar-refractivity contribution is 8.01. The van der Waals surface area contributed by atoms with Gasteiger partial charge in [0, 0.05) is 36.5 Å². The van der Waals surface area contributed by atoms with Crippen molar-refractivity contribution in [2.75, 3.05) is 20.3 Å². The number of ether oxygens (including phenoxy) is 1. The summed E-state index contributed by atoms with van der Waals surface area (Å²) < 4.78 is 10.3. The Morgan fingerprint density at radius 1 is 1.43 bits per heavy atom. The summed E-state index contributed by atoms with van der Waals surface area (Å²) in [4.78, 5) is 5.61. The first-order valence-corrected chi connectivity index (χ1v) is 8.68. The molecule has 1 N–H and O–H groups in total. The first kappa shape index (κ1) is 16.7. The molecule has 0 aliphatic heterocycles. The predicted molar refractivity (Wildman–Crippen MR) is 88.4 cm³/mol. The van der Waals surface area contributed by atoms with Crippen LogP contribution in [0.2, 0.25) is 5.02 Å². The second-order valence-electron chi connectivity index (χ2n) is 4.35. The van der Waals surface area contributed by atoms with Gasteiger partial charge in [0.1, 0.15) is 5.82 Å². The number of nitrogens with zero attached hydrogens (tertiary/aromatic N) is 2. The minimum absolute atomic E-state index is 0.701. The fourth-order valence-corrected chi connectivity index (χ4v) is 3.75. The molecule has 2 rings (SSSR count). The summed E-state index contributed by atoms with van der Waals surface area (Å²) >= 11 is 9.16. The third-order valence-electron chi connectivity index (χ3n) is 2.79. The maximum atomic E-state index is 6.11. The summed E-state index contributed by atoms with van der Waals surface area (Å²) in [5.41, 5.74) is 1.20. The minimum atomic E-state index is 0.701. The summed E-state index contributed by atoms with van der Waals surface area (Å²) in [7, 11) is 1.70. The predicted octanol–water partition coefficient (Wildman–Crippen LogP) is 3.64. The van der Waals surface area contributed by atoms with E-state index in [0.29, 0.717) is 6.61 Å². The van der Waals surface area contributed by atoms with E-state index in [1.807, 2.05) is 18.2 Å². The van der Waals surface area contributed by atoms with Crippen LogP contribution in [0.15, 0.2) is 27.4 Å². The highest BCUT2D eigenvalue weighted by atomic mass is 35.5. The summed E-state index contributed by atoms with van der Waals surface area (Å²) in [5, 5.41) is 4.09. The van der Waals surface area contributed by atoms with Gasteiger partial charge >= 0.3 is 0 Å². The van der Waals surface area contributed by atoms with Crippen molar-refractivity contribution in [1.82, 2.24) is 14.7 Å². The molecule has 0 radical (unpaired) electrons. The van der Waals surface area contributed by atoms with Crippen LogP contribution in [0, 0.1) is 0 Å². The molecule has 21 heavy (non-hydrogen) atoms. The molecule has 0 spiro atoms. The van der Waals surface area contributed by atoms with Gasteiger partial charge in [0.2, 0.25) is 0 Å². The molecule has 114 valence electrons. The van der Waals surface area contributed by atoms with Crippen LogP contribution in [0.5, 0.6) is 0 Å². The lowest BCUT2D eigenvalue weighted by Crippen LogP contribution is -2.18. The van der Waals surface area contributed by atoms with Crippen molar-refractivity contribution in [3.05, 3.63) is 34.6 Å². The molecule has 0 aliphatic carbocycles. The van der Waals surface area contributed by atoms with Gasteiger partial charge < -0.3 is 10.1 Å². The van der Waals surface area contributed by atoms with E-state index in [2.05, 4.69) is 21.6 Å². The number of aryl methyl sites for hydroxylation is 1. The van der Waals surface area contributed by atoms with Gasteiger partial charge in [0.15, 0.2) is 4.34 Å². The normalized spacial score (nSPS) is 11.0. The second-order valence-corrected chi connectivity index (χ2v) is 6.83. The summed E-state index contributed by atoms with van der Waals surface area (Å²) in [6, 6.07) is 5.94. The number of rotatable bonds is 8. The van der Waals surface area contributed by atoms with E-state index in [4.69, 9.17) is 16.3 Å². The van der Waals surface area contributed by atoms with Gasteiger partial charge in [0.05, 0.1) is 6.61 Å². The molecule has 0 saturated carbocycles. The van der Waals surface area contributed by atoms with Crippen molar-refractivity contribution >= 4 is 34.9 Å². The van der Waals surface area contributed by atoms with E-state index >= 15 is 0 Å². The van der Waals surface area contributed by atoms with Gasteiger partial charge in [-0.2, -0.15) is 4.37 Å². The van der Waals surface area contributed by atoms with Crippen molar-refractivity contribution in [3.8, 4) is 0 Å². The number of benzene rings is 1. The number of halogens is 1. The van der Waals surface area contributed by atoms with Crippen LogP contribution in [-0.4, -0.2) is 29.6 Å². The lowest BCUT2D eigenvalue weighted by Gasteiger charge is -2.09. The largest absolute Gasteiger partial charge is 0.383 e. The van der Waals surface area contributed by atoms with E-state index in [1.54, 1.807) is 18.9 Å². The number of aromatic nitrogens is 2. The van der Waals surface area contributed by atoms with Gasteiger partial charge in [-0.25, -0.2) is 4.98 Å². The second kappa shape index (κ2) is 8.70. The van der Waals surface area contributed by atoms with Gasteiger partial charge in [0.25, 0.3) is 0 Å². The molecule has 1 aromatic carbocycles. The zero-order valence-electron chi connectivity index (χ0n) is 12.1. The SMILES string of the molecule is CCc1nsc(Sc2cc(Cl)ccc2CNCCOC)n1. The first-order valence-electron chi connectivity index (χ1n) is 6.71. The zero-order valence-corrected chi connectivity index (χ0v) is 14.4. The van der Waals surface area contributed by atoms with Crippen molar-refractivity contribution in [3.63, 3.8) is 0 Å². The average Bonchev–Trinajstić information content (AvgIpc) is 2.93. The van der Waals surface area contributed by atoms with Crippen molar-refractivity contribution in [2.45, 2.75) is 29.1 Å². The molecule has 0 saturated heterocycles. The van der Waals surface area contributed by atoms with Crippen LogP contribution < -0.4 is 5.32 Å². The van der Waals surface area contributed by atoms with Crippen LogP contribution >= 0.6 is 34.9 Å². The van der Waals surface area contributed by atoms with Gasteiger partial charge in [-0.15, -0.1) is 0 Å². The Balaban J connectivity index is 2.07. The molecule has 7 heteroatoms. The Labute approximate surface area is 138 Å². The first-order chi connectivity index (χ1) is 10.2. The summed E-state index contributed by atoms with van der Waals surface area (Å²) in [6.07, 6.45) is 0.859. The standard InChI is InChI=1S/C14H18ClN3OS2/c1-3-13-17-14(21-18-13)20-12-8-11(15)5-4-10(12)9-16-6-7-19-2/h4-5,8,16H,3,6-7,9H2,1-2H3. The fraction of sp³-hybridized carbons (Fsp3) is 0.429. The number of nitrogens with one attached hydrogen (secondary N) is 1. The molecule has 0 fully saturated rings. The molecule has 1 heterocycles. The molecule has 0 atom stereocenters. The average molecular weight is 344 g/mol. The molecule has 0 aliphatic rings. The van der Waals surface area contributed by atoms with E-state index in [9.17, 15) is 0 Å². The number of hydrogen-bond acceptors (Lipinski definition) is 6. The molecular weight excluding hydrogens is 326 g/mol. The van der Waals surface area contributed by atoms with Crippen molar-refractivity contribution in [2.24, 2.45) is 0 Å². The lowest BCUT2D eigenvalue weighted by molar-refractivity contribution is 0.199. The lowest BCUT2D eigenvalue weighted by atomic mass is 10.2. The molecule has 0 unspecified atom stereocenters. The zero-order chi connectivity index (χ0) is 15.1. The fourth-order valence-electron chi connectivity index (χ4n) is 1.68. The Bertz CT molecular complexity index is 577. The van der Waals surface area contributed by atoms with Crippen LogP contribution in [0.4, 0.5) is 0 Å². The maximum absolute atomic E-state index is 6.11.